The molecule has 0 aliphatic carbocycles. The maximum atomic E-state index is 12.3. The lowest BCUT2D eigenvalue weighted by Crippen LogP contribution is -2.45. The lowest BCUT2D eigenvalue weighted by atomic mass is 10.1. The Bertz CT molecular complexity index is 632. The molecule has 27 heavy (non-hydrogen) atoms. The fourth-order valence-corrected chi connectivity index (χ4v) is 2.55. The minimum absolute atomic E-state index is 0. The van der Waals surface area contributed by atoms with E-state index in [0.29, 0.717) is 37.7 Å². The Kier molecular flexibility index (Phi) is 12.4. The number of hydrogen-bond acceptors (Lipinski definition) is 3. The molecule has 0 spiro atoms. The van der Waals surface area contributed by atoms with Crippen LogP contribution in [0.2, 0.25) is 0 Å². The Morgan fingerprint density at radius 2 is 1.81 bits per heavy atom. The standard InChI is InChI=1S/C19H31N5O2.HI/c1-6-21-19(23(5)14-17(25)24(7-2)8-3)22-13-15-10-9-11-16(12-15)18(26)20-4;/h9-12H,6-8,13-14H2,1-5H3,(H,20,26)(H,21,22);1H. The van der Waals surface area contributed by atoms with E-state index < -0.39 is 0 Å². The molecule has 0 fully saturated rings. The lowest BCUT2D eigenvalue weighted by Gasteiger charge is -2.25. The molecular formula is C19H32IN5O2. The summed E-state index contributed by atoms with van der Waals surface area (Å²) < 4.78 is 0. The maximum absolute atomic E-state index is 12.3. The molecule has 0 saturated carbocycles. The summed E-state index contributed by atoms with van der Waals surface area (Å²) in [7, 11) is 3.46. The number of aliphatic imine (C=N–C) groups is 1. The molecule has 152 valence electrons. The van der Waals surface area contributed by atoms with Gasteiger partial charge >= 0.3 is 0 Å². The highest BCUT2D eigenvalue weighted by Crippen LogP contribution is 2.07. The molecule has 0 bridgehead atoms. The van der Waals surface area contributed by atoms with E-state index >= 15 is 0 Å². The van der Waals surface area contributed by atoms with Crippen LogP contribution in [0.15, 0.2) is 29.3 Å². The summed E-state index contributed by atoms with van der Waals surface area (Å²) in [5, 5.41) is 5.82. The van der Waals surface area contributed by atoms with Crippen LogP contribution >= 0.6 is 24.0 Å². The van der Waals surface area contributed by atoms with Crippen LogP contribution in [0.25, 0.3) is 0 Å². The highest BCUT2D eigenvalue weighted by molar-refractivity contribution is 14.0. The van der Waals surface area contributed by atoms with Gasteiger partial charge in [-0.25, -0.2) is 4.99 Å². The van der Waals surface area contributed by atoms with Gasteiger partial charge in [0.05, 0.1) is 13.1 Å². The van der Waals surface area contributed by atoms with Gasteiger partial charge in [0, 0.05) is 39.3 Å². The molecule has 0 atom stereocenters. The second kappa shape index (κ2) is 13.3. The van der Waals surface area contributed by atoms with Crippen LogP contribution in [0.3, 0.4) is 0 Å². The average molecular weight is 489 g/mol. The molecule has 0 radical (unpaired) electrons. The van der Waals surface area contributed by atoms with Gasteiger partial charge in [0.2, 0.25) is 5.91 Å². The van der Waals surface area contributed by atoms with E-state index in [1.165, 1.54) is 0 Å². The molecule has 2 N–H and O–H groups in total. The van der Waals surface area contributed by atoms with Crippen LogP contribution in [0.5, 0.6) is 0 Å². The van der Waals surface area contributed by atoms with Crippen LogP contribution in [0, 0.1) is 0 Å². The van der Waals surface area contributed by atoms with Crippen molar-refractivity contribution in [3.63, 3.8) is 0 Å². The number of rotatable bonds is 8. The van der Waals surface area contributed by atoms with Gasteiger partial charge < -0.3 is 20.4 Å². The summed E-state index contributed by atoms with van der Waals surface area (Å²) in [6.45, 7) is 8.73. The third kappa shape index (κ3) is 8.15. The first kappa shape index (κ1) is 25.2. The van der Waals surface area contributed by atoms with Crippen LogP contribution in [0.4, 0.5) is 0 Å². The van der Waals surface area contributed by atoms with Crippen molar-refractivity contribution in [3.8, 4) is 0 Å². The predicted molar refractivity (Wildman–Crippen MR) is 121 cm³/mol. The Morgan fingerprint density at radius 3 is 2.37 bits per heavy atom. The molecule has 0 saturated heterocycles. The number of carbonyl (C=O) groups is 2. The smallest absolute Gasteiger partial charge is 0.251 e. The number of hydrogen-bond donors (Lipinski definition) is 2. The van der Waals surface area contributed by atoms with E-state index in [2.05, 4.69) is 15.6 Å². The predicted octanol–water partition coefficient (Wildman–Crippen LogP) is 1.93. The highest BCUT2D eigenvalue weighted by Gasteiger charge is 2.15. The second-order valence-electron chi connectivity index (χ2n) is 5.87. The number of nitrogens with one attached hydrogen (secondary N) is 2. The number of halogens is 1. The molecule has 0 heterocycles. The number of nitrogens with zero attached hydrogens (tertiary/aromatic N) is 3. The van der Waals surface area contributed by atoms with Crippen molar-refractivity contribution >= 4 is 41.8 Å². The monoisotopic (exact) mass is 489 g/mol. The van der Waals surface area contributed by atoms with Gasteiger partial charge in [-0.1, -0.05) is 12.1 Å². The number of likely N-dealkylation sites (N-methyl/N-ethyl adjacent to an activating group) is 2. The SMILES string of the molecule is CCNC(=NCc1cccc(C(=O)NC)c1)N(C)CC(=O)N(CC)CC.I. The Hall–Kier alpha value is -1.84. The van der Waals surface area contributed by atoms with E-state index in [0.717, 1.165) is 5.56 Å². The number of amides is 2. The number of guanidine groups is 1. The van der Waals surface area contributed by atoms with Crippen molar-refractivity contribution < 1.29 is 9.59 Å². The van der Waals surface area contributed by atoms with E-state index in [-0.39, 0.29) is 42.3 Å². The normalized spacial score (nSPS) is 10.6. The summed E-state index contributed by atoms with van der Waals surface area (Å²) in [4.78, 5) is 32.3. The molecule has 0 unspecified atom stereocenters. The molecule has 0 aliphatic heterocycles. The molecule has 7 nitrogen and oxygen atoms in total. The van der Waals surface area contributed by atoms with Crippen molar-refractivity contribution in [3.05, 3.63) is 35.4 Å². The first-order valence-electron chi connectivity index (χ1n) is 9.04. The Balaban J connectivity index is 0.00000676. The van der Waals surface area contributed by atoms with Gasteiger partial charge in [-0.05, 0) is 38.5 Å². The number of benzene rings is 1. The van der Waals surface area contributed by atoms with Gasteiger partial charge in [0.1, 0.15) is 0 Å². The first-order valence-corrected chi connectivity index (χ1v) is 9.04. The molecule has 8 heteroatoms. The minimum Gasteiger partial charge on any atom is -0.357 e. The van der Waals surface area contributed by atoms with E-state index in [9.17, 15) is 9.59 Å². The number of carbonyl (C=O) groups excluding carboxylic acids is 2. The summed E-state index contributed by atoms with van der Waals surface area (Å²) >= 11 is 0. The largest absolute Gasteiger partial charge is 0.357 e. The van der Waals surface area contributed by atoms with E-state index in [1.807, 2.05) is 50.9 Å². The fourth-order valence-electron chi connectivity index (χ4n) is 2.55. The summed E-state index contributed by atoms with van der Waals surface area (Å²) in [5.74, 6) is 0.618. The van der Waals surface area contributed by atoms with E-state index in [4.69, 9.17) is 0 Å². The zero-order valence-corrected chi connectivity index (χ0v) is 19.2. The van der Waals surface area contributed by atoms with E-state index in [1.54, 1.807) is 18.0 Å². The molecular weight excluding hydrogens is 457 g/mol. The van der Waals surface area contributed by atoms with Crippen LogP contribution in [0.1, 0.15) is 36.7 Å². The fraction of sp³-hybridized carbons (Fsp3) is 0.526. The Labute approximate surface area is 179 Å². The second-order valence-corrected chi connectivity index (χ2v) is 5.87. The van der Waals surface area contributed by atoms with Gasteiger partial charge in [-0.2, -0.15) is 0 Å². The van der Waals surface area contributed by atoms with Gasteiger partial charge in [0.25, 0.3) is 5.91 Å². The zero-order valence-electron chi connectivity index (χ0n) is 16.9. The molecule has 2 amide bonds. The first-order chi connectivity index (χ1) is 12.5. The maximum Gasteiger partial charge on any atom is 0.251 e. The average Bonchev–Trinajstić information content (AvgIpc) is 2.65. The molecule has 1 aromatic rings. The van der Waals surface area contributed by atoms with Gasteiger partial charge in [-0.3, -0.25) is 9.59 Å². The van der Waals surface area contributed by atoms with Crippen LogP contribution in [-0.4, -0.2) is 67.8 Å². The molecule has 1 rings (SSSR count). The Morgan fingerprint density at radius 1 is 1.15 bits per heavy atom. The molecule has 1 aromatic carbocycles. The van der Waals surface area contributed by atoms with Crippen LogP contribution < -0.4 is 10.6 Å². The van der Waals surface area contributed by atoms with Crippen molar-refractivity contribution in [1.29, 1.82) is 0 Å². The topological polar surface area (TPSA) is 77.0 Å². The van der Waals surface area contributed by atoms with Crippen molar-refractivity contribution in [2.75, 3.05) is 40.3 Å². The van der Waals surface area contributed by atoms with Crippen molar-refractivity contribution in [2.24, 2.45) is 4.99 Å². The third-order valence-electron chi connectivity index (χ3n) is 4.01. The summed E-state index contributed by atoms with van der Waals surface area (Å²) in [5.41, 5.74) is 1.54. The molecule has 0 aliphatic rings. The molecule has 0 aromatic heterocycles. The van der Waals surface area contributed by atoms with Gasteiger partial charge in [-0.15, -0.1) is 24.0 Å². The third-order valence-corrected chi connectivity index (χ3v) is 4.01. The highest BCUT2D eigenvalue weighted by atomic mass is 127. The van der Waals surface area contributed by atoms with Gasteiger partial charge in [0.15, 0.2) is 5.96 Å². The quantitative estimate of drug-likeness (QED) is 0.333. The summed E-state index contributed by atoms with van der Waals surface area (Å²) in [6.07, 6.45) is 0. The zero-order chi connectivity index (χ0) is 19.5. The van der Waals surface area contributed by atoms with Crippen LogP contribution in [-0.2, 0) is 11.3 Å². The van der Waals surface area contributed by atoms with Crippen molar-refractivity contribution in [2.45, 2.75) is 27.3 Å². The minimum atomic E-state index is -0.121. The van der Waals surface area contributed by atoms with Crippen molar-refractivity contribution in [1.82, 2.24) is 20.4 Å². The lowest BCUT2D eigenvalue weighted by molar-refractivity contribution is -0.131. The summed E-state index contributed by atoms with van der Waals surface area (Å²) in [6, 6.07) is 7.37.